The molecular formula is C31H50N4O7. The number of benzene rings is 1. The molecular weight excluding hydrogens is 540 g/mol. The maximum atomic E-state index is 14.3. The Hall–Kier alpha value is -3.63. The number of ether oxygens (including phenoxy) is 2. The highest BCUT2D eigenvalue weighted by molar-refractivity contribution is 5.94. The lowest BCUT2D eigenvalue weighted by molar-refractivity contribution is -0.146. The van der Waals surface area contributed by atoms with E-state index in [1.807, 2.05) is 32.9 Å². The molecule has 0 saturated carbocycles. The predicted octanol–water partition coefficient (Wildman–Crippen LogP) is 3.84. The van der Waals surface area contributed by atoms with E-state index in [2.05, 4.69) is 24.5 Å². The van der Waals surface area contributed by atoms with Gasteiger partial charge in [0.2, 0.25) is 17.7 Å². The number of rotatable bonds is 15. The van der Waals surface area contributed by atoms with Crippen LogP contribution >= 0.6 is 0 Å². The number of primary amides is 1. The van der Waals surface area contributed by atoms with Crippen molar-refractivity contribution in [3.8, 4) is 0 Å². The molecule has 3 unspecified atom stereocenters. The van der Waals surface area contributed by atoms with Gasteiger partial charge in [-0.1, -0.05) is 32.0 Å². The molecule has 0 heterocycles. The van der Waals surface area contributed by atoms with Gasteiger partial charge < -0.3 is 30.7 Å². The van der Waals surface area contributed by atoms with Gasteiger partial charge in [0.15, 0.2) is 0 Å². The number of amides is 4. The van der Waals surface area contributed by atoms with Crippen molar-refractivity contribution in [3.63, 3.8) is 0 Å². The van der Waals surface area contributed by atoms with Gasteiger partial charge >= 0.3 is 12.1 Å². The Morgan fingerprint density at radius 2 is 1.64 bits per heavy atom. The lowest BCUT2D eigenvalue weighted by atomic mass is 9.95. The summed E-state index contributed by atoms with van der Waals surface area (Å²) in [7, 11) is 0. The fourth-order valence-electron chi connectivity index (χ4n) is 4.33. The van der Waals surface area contributed by atoms with Crippen LogP contribution < -0.4 is 16.4 Å². The van der Waals surface area contributed by atoms with Crippen LogP contribution in [0.2, 0.25) is 0 Å². The molecule has 11 heteroatoms. The van der Waals surface area contributed by atoms with Gasteiger partial charge in [-0.15, -0.1) is 0 Å². The van der Waals surface area contributed by atoms with Crippen LogP contribution in [0.4, 0.5) is 4.79 Å². The average Bonchev–Trinajstić information content (AvgIpc) is 2.85. The minimum absolute atomic E-state index is 0.00227. The van der Waals surface area contributed by atoms with E-state index in [1.54, 1.807) is 33.8 Å². The number of nitrogens with one attached hydrogen (secondary N) is 2. The lowest BCUT2D eigenvalue weighted by Gasteiger charge is -2.39. The van der Waals surface area contributed by atoms with Crippen molar-refractivity contribution in [3.05, 3.63) is 34.9 Å². The third-order valence-corrected chi connectivity index (χ3v) is 6.59. The van der Waals surface area contributed by atoms with E-state index in [0.29, 0.717) is 17.9 Å². The van der Waals surface area contributed by atoms with Gasteiger partial charge in [-0.3, -0.25) is 19.2 Å². The van der Waals surface area contributed by atoms with Gasteiger partial charge in [-0.25, -0.2) is 4.79 Å². The molecule has 4 amide bonds. The molecule has 0 bridgehead atoms. The normalized spacial score (nSPS) is 13.5. The zero-order valence-electron chi connectivity index (χ0n) is 26.7. The van der Waals surface area contributed by atoms with Gasteiger partial charge in [-0.05, 0) is 83.9 Å². The summed E-state index contributed by atoms with van der Waals surface area (Å²) in [6, 6.07) is 2.50. The zero-order chi connectivity index (χ0) is 32.2. The standard InChI is InChI=1S/C31H50N4O7/c1-10-41-26(37)15-16-33-28(38)27(23-14-12-20(4)21(5)17-23)35(22(6)13-11-19(2)3)29(39)24(18-25(32)36)34-30(40)42-31(7,8)9/h12,14,17,19,22,24,27H,10-11,13,15-16,18H2,1-9H3,(H2,32,36)(H,33,38)(H,34,40). The summed E-state index contributed by atoms with van der Waals surface area (Å²) in [5.74, 6) is -2.10. The molecule has 0 radical (unpaired) electrons. The largest absolute Gasteiger partial charge is 0.466 e. The average molecular weight is 591 g/mol. The summed E-state index contributed by atoms with van der Waals surface area (Å²) in [4.78, 5) is 66.2. The van der Waals surface area contributed by atoms with Gasteiger partial charge in [0, 0.05) is 12.6 Å². The fourth-order valence-corrected chi connectivity index (χ4v) is 4.33. The number of hydrogen-bond donors (Lipinski definition) is 3. The number of nitrogens with two attached hydrogens (primary N) is 1. The first-order chi connectivity index (χ1) is 19.5. The monoisotopic (exact) mass is 590 g/mol. The van der Waals surface area contributed by atoms with E-state index in [4.69, 9.17) is 15.2 Å². The van der Waals surface area contributed by atoms with E-state index in [0.717, 1.165) is 17.5 Å². The van der Waals surface area contributed by atoms with E-state index in [-0.39, 0.29) is 19.6 Å². The fraction of sp³-hybridized carbons (Fsp3) is 0.645. The van der Waals surface area contributed by atoms with Crippen molar-refractivity contribution in [1.29, 1.82) is 0 Å². The molecule has 0 aromatic heterocycles. The van der Waals surface area contributed by atoms with Crippen molar-refractivity contribution in [2.75, 3.05) is 13.2 Å². The molecule has 42 heavy (non-hydrogen) atoms. The zero-order valence-corrected chi connectivity index (χ0v) is 26.7. The van der Waals surface area contributed by atoms with Crippen molar-refractivity contribution in [2.24, 2.45) is 11.7 Å². The Kier molecular flexibility index (Phi) is 14.5. The summed E-state index contributed by atoms with van der Waals surface area (Å²) < 4.78 is 10.3. The number of nitrogens with zero attached hydrogens (tertiary/aromatic N) is 1. The Bertz CT molecular complexity index is 1100. The number of carbonyl (C=O) groups excluding carboxylic acids is 5. The van der Waals surface area contributed by atoms with E-state index in [1.165, 1.54) is 4.90 Å². The van der Waals surface area contributed by atoms with Crippen LogP contribution in [0.5, 0.6) is 0 Å². The molecule has 0 aliphatic heterocycles. The van der Waals surface area contributed by atoms with Crippen molar-refractivity contribution in [1.82, 2.24) is 15.5 Å². The summed E-state index contributed by atoms with van der Waals surface area (Å²) in [5, 5.41) is 5.27. The Morgan fingerprint density at radius 1 is 1.00 bits per heavy atom. The van der Waals surface area contributed by atoms with Crippen LogP contribution in [0, 0.1) is 19.8 Å². The highest BCUT2D eigenvalue weighted by atomic mass is 16.6. The lowest BCUT2D eigenvalue weighted by Crippen LogP contribution is -2.56. The summed E-state index contributed by atoms with van der Waals surface area (Å²) >= 11 is 0. The second-order valence-corrected chi connectivity index (χ2v) is 12.0. The molecule has 4 N–H and O–H groups in total. The second kappa shape index (κ2) is 16.7. The van der Waals surface area contributed by atoms with Crippen molar-refractivity contribution >= 4 is 29.8 Å². The van der Waals surface area contributed by atoms with Gasteiger partial charge in [0.25, 0.3) is 0 Å². The van der Waals surface area contributed by atoms with Crippen LogP contribution in [0.25, 0.3) is 0 Å². The molecule has 0 aliphatic carbocycles. The van der Waals surface area contributed by atoms with Crippen molar-refractivity contribution < 1.29 is 33.4 Å². The van der Waals surface area contributed by atoms with Crippen LogP contribution in [-0.2, 0) is 28.7 Å². The van der Waals surface area contributed by atoms with Gasteiger partial charge in [-0.2, -0.15) is 0 Å². The summed E-state index contributed by atoms with van der Waals surface area (Å²) in [6.07, 6.45) is -0.111. The molecule has 0 aliphatic rings. The Morgan fingerprint density at radius 3 is 2.17 bits per heavy atom. The molecule has 3 atom stereocenters. The minimum Gasteiger partial charge on any atom is -0.466 e. The molecule has 0 saturated heterocycles. The first-order valence-corrected chi connectivity index (χ1v) is 14.6. The topological polar surface area (TPSA) is 157 Å². The first kappa shape index (κ1) is 36.4. The highest BCUT2D eigenvalue weighted by Gasteiger charge is 2.39. The van der Waals surface area contributed by atoms with Crippen LogP contribution in [0.15, 0.2) is 18.2 Å². The number of esters is 1. The van der Waals surface area contributed by atoms with E-state index >= 15 is 0 Å². The summed E-state index contributed by atoms with van der Waals surface area (Å²) in [5.41, 5.74) is 7.10. The molecule has 236 valence electrons. The quantitative estimate of drug-likeness (QED) is 0.262. The SMILES string of the molecule is CCOC(=O)CCNC(=O)C(c1ccc(C)c(C)c1)N(C(=O)C(CC(N)=O)NC(=O)OC(C)(C)C)C(C)CCC(C)C. The smallest absolute Gasteiger partial charge is 0.408 e. The minimum atomic E-state index is -1.37. The molecule has 11 nitrogen and oxygen atoms in total. The third-order valence-electron chi connectivity index (χ3n) is 6.59. The molecule has 0 spiro atoms. The Balaban J connectivity index is 3.64. The van der Waals surface area contributed by atoms with Crippen LogP contribution in [-0.4, -0.2) is 65.5 Å². The second-order valence-electron chi connectivity index (χ2n) is 12.0. The molecule has 0 fully saturated rings. The molecule has 1 aromatic carbocycles. The predicted molar refractivity (Wildman–Crippen MR) is 160 cm³/mol. The van der Waals surface area contributed by atoms with Gasteiger partial charge in [0.05, 0.1) is 19.4 Å². The van der Waals surface area contributed by atoms with Crippen LogP contribution in [0.1, 0.15) is 96.9 Å². The Labute approximate surface area is 250 Å². The van der Waals surface area contributed by atoms with E-state index in [9.17, 15) is 24.0 Å². The van der Waals surface area contributed by atoms with Crippen LogP contribution in [0.3, 0.4) is 0 Å². The number of hydrogen-bond acceptors (Lipinski definition) is 7. The summed E-state index contributed by atoms with van der Waals surface area (Å²) in [6.45, 7) is 16.7. The molecule has 1 aromatic rings. The van der Waals surface area contributed by atoms with Gasteiger partial charge in [0.1, 0.15) is 17.7 Å². The van der Waals surface area contributed by atoms with Crippen molar-refractivity contribution in [2.45, 2.75) is 112 Å². The highest BCUT2D eigenvalue weighted by Crippen LogP contribution is 2.29. The number of carbonyl (C=O) groups is 5. The maximum Gasteiger partial charge on any atom is 0.408 e. The third kappa shape index (κ3) is 12.5. The number of alkyl carbamates (subject to hydrolysis) is 1. The molecule has 1 rings (SSSR count). The van der Waals surface area contributed by atoms with E-state index < -0.39 is 59.9 Å². The number of aryl methyl sites for hydroxylation is 2. The maximum absolute atomic E-state index is 14.3. The first-order valence-electron chi connectivity index (χ1n) is 14.6.